The maximum Gasteiger partial charge on any atom is 0.222 e. The van der Waals surface area contributed by atoms with Crippen LogP contribution in [0.2, 0.25) is 0 Å². The van der Waals surface area contributed by atoms with E-state index in [-0.39, 0.29) is 18.9 Å². The van der Waals surface area contributed by atoms with Crippen LogP contribution in [0.15, 0.2) is 12.2 Å². The fourth-order valence-electron chi connectivity index (χ4n) is 10.8. The van der Waals surface area contributed by atoms with Crippen molar-refractivity contribution >= 4 is 5.91 Å². The Hall–Kier alpha value is -0.910. The molecule has 71 heavy (non-hydrogen) atoms. The molecule has 0 aliphatic carbocycles. The predicted octanol–water partition coefficient (Wildman–Crippen LogP) is 21.0. The fraction of sp³-hybridized carbons (Fsp3) is 0.955. The topological polar surface area (TPSA) is 89.8 Å². The number of hydrogen-bond acceptors (Lipinski definition) is 4. The third-order valence-corrected chi connectivity index (χ3v) is 15.8. The lowest BCUT2D eigenvalue weighted by molar-refractivity contribution is -0.125. The summed E-state index contributed by atoms with van der Waals surface area (Å²) in [6, 6.07) is -0.657. The lowest BCUT2D eigenvalue weighted by Crippen LogP contribution is -2.46. The lowest BCUT2D eigenvalue weighted by atomic mass is 10.0. The molecule has 0 aliphatic heterocycles. The summed E-state index contributed by atoms with van der Waals surface area (Å²) >= 11 is 0. The molecule has 3 unspecified atom stereocenters. The van der Waals surface area contributed by atoms with Gasteiger partial charge in [-0.05, 0) is 38.5 Å². The molecular weight excluding hydrogens is 871 g/mol. The van der Waals surface area contributed by atoms with Gasteiger partial charge in [0.15, 0.2) is 0 Å². The van der Waals surface area contributed by atoms with Crippen molar-refractivity contribution in [2.45, 2.75) is 398 Å². The normalized spacial score (nSPS) is 13.1. The monoisotopic (exact) mass is 1000 g/mol. The van der Waals surface area contributed by atoms with Gasteiger partial charge in [-0.25, -0.2) is 0 Å². The summed E-state index contributed by atoms with van der Waals surface area (Å²) in [5.74, 6) is -0.274. The van der Waals surface area contributed by atoms with Gasteiger partial charge in [0.1, 0.15) is 0 Å². The van der Waals surface area contributed by atoms with Gasteiger partial charge in [-0.1, -0.05) is 347 Å². The Bertz CT molecular complexity index is 1020. The molecule has 0 saturated carbocycles. The molecule has 0 fully saturated rings. The molecule has 0 spiro atoms. The van der Waals surface area contributed by atoms with Gasteiger partial charge >= 0.3 is 0 Å². The molecule has 424 valence electrons. The third-order valence-electron chi connectivity index (χ3n) is 15.8. The van der Waals surface area contributed by atoms with Crippen LogP contribution in [0.4, 0.5) is 0 Å². The minimum absolute atomic E-state index is 0.0416. The van der Waals surface area contributed by atoms with Gasteiger partial charge in [0.25, 0.3) is 0 Å². The highest BCUT2D eigenvalue weighted by molar-refractivity contribution is 5.76. The summed E-state index contributed by atoms with van der Waals surface area (Å²) in [4.78, 5) is 12.6. The average Bonchev–Trinajstić information content (AvgIpc) is 3.37. The zero-order chi connectivity index (χ0) is 51.4. The molecule has 0 radical (unpaired) electrons. The molecule has 0 aliphatic rings. The molecule has 0 heterocycles. The molecule has 0 aromatic carbocycles. The summed E-state index contributed by atoms with van der Waals surface area (Å²) in [5.41, 5.74) is 0. The molecule has 3 atom stereocenters. The summed E-state index contributed by atoms with van der Waals surface area (Å²) in [6.07, 6.45) is 78.4. The fourth-order valence-corrected chi connectivity index (χ4v) is 10.8. The summed E-state index contributed by atoms with van der Waals surface area (Å²) in [5, 5.41) is 33.8. The number of nitrogens with one attached hydrogen (secondary N) is 1. The number of unbranched alkanes of at least 4 members (excludes halogenated alkanes) is 51. The molecule has 4 N–H and O–H groups in total. The van der Waals surface area contributed by atoms with E-state index in [0.29, 0.717) is 12.8 Å². The highest BCUT2D eigenvalue weighted by atomic mass is 16.3. The quantitative estimate of drug-likeness (QED) is 0.0361. The van der Waals surface area contributed by atoms with Crippen LogP contribution in [0.1, 0.15) is 380 Å². The largest absolute Gasteiger partial charge is 0.394 e. The first-order valence-electron chi connectivity index (χ1n) is 33.0. The second-order valence-corrected chi connectivity index (χ2v) is 23.1. The average molecular weight is 1000 g/mol. The summed E-state index contributed by atoms with van der Waals surface area (Å²) in [6.45, 7) is 4.32. The van der Waals surface area contributed by atoms with E-state index in [0.717, 1.165) is 25.7 Å². The van der Waals surface area contributed by atoms with Gasteiger partial charge in [0.05, 0.1) is 31.3 Å². The van der Waals surface area contributed by atoms with Gasteiger partial charge in [-0.15, -0.1) is 0 Å². The first-order valence-corrected chi connectivity index (χ1v) is 33.0. The van der Waals surface area contributed by atoms with Crippen molar-refractivity contribution < 1.29 is 20.1 Å². The lowest BCUT2D eigenvalue weighted by Gasteiger charge is -2.23. The molecular formula is C66H131NO4. The van der Waals surface area contributed by atoms with Crippen LogP contribution in [0.5, 0.6) is 0 Å². The molecule has 0 rings (SSSR count). The maximum absolute atomic E-state index is 12.6. The first kappa shape index (κ1) is 70.1. The Morgan fingerprint density at radius 1 is 0.338 bits per heavy atom. The van der Waals surface area contributed by atoms with Crippen molar-refractivity contribution in [3.63, 3.8) is 0 Å². The minimum atomic E-state index is -0.748. The standard InChI is InChI=1S/C66H131NO4/c1-3-5-7-9-11-13-15-17-19-21-23-25-27-28-29-30-31-32-33-34-35-36-38-39-41-43-45-47-49-51-53-55-57-59-63(69)61-66(71)67-64(62-68)65(70)60-58-56-54-52-50-48-46-44-42-40-37-26-24-22-20-18-16-14-12-10-8-6-4-2/h30-31,63-65,68-70H,3-29,32-62H2,1-2H3,(H,67,71)/b31-30-. The molecule has 1 amide bonds. The molecule has 0 aromatic rings. The smallest absolute Gasteiger partial charge is 0.222 e. The number of amides is 1. The van der Waals surface area contributed by atoms with Crippen molar-refractivity contribution in [1.82, 2.24) is 5.32 Å². The van der Waals surface area contributed by atoms with Crippen molar-refractivity contribution in [2.75, 3.05) is 6.61 Å². The number of carbonyl (C=O) groups is 1. The summed E-state index contributed by atoms with van der Waals surface area (Å²) < 4.78 is 0. The Balaban J connectivity index is 3.45. The van der Waals surface area contributed by atoms with Crippen LogP contribution < -0.4 is 5.32 Å². The Kier molecular flexibility index (Phi) is 60.8. The van der Waals surface area contributed by atoms with Crippen molar-refractivity contribution in [3.8, 4) is 0 Å². The molecule has 5 heteroatoms. The Morgan fingerprint density at radius 3 is 0.817 bits per heavy atom. The van der Waals surface area contributed by atoms with Crippen LogP contribution in [0, 0.1) is 0 Å². The van der Waals surface area contributed by atoms with Gasteiger partial charge in [0, 0.05) is 0 Å². The van der Waals surface area contributed by atoms with Crippen molar-refractivity contribution in [1.29, 1.82) is 0 Å². The van der Waals surface area contributed by atoms with Crippen LogP contribution in [0.3, 0.4) is 0 Å². The SMILES string of the molecule is CCCCCCCCCCCCCCCC/C=C\CCCCCCCCCCCCCCCCCC(O)CC(=O)NC(CO)C(O)CCCCCCCCCCCCCCCCCCCCCCCCC. The Morgan fingerprint density at radius 2 is 0.563 bits per heavy atom. The van der Waals surface area contributed by atoms with Crippen molar-refractivity contribution in [3.05, 3.63) is 12.2 Å². The van der Waals surface area contributed by atoms with E-state index in [2.05, 4.69) is 31.3 Å². The summed E-state index contributed by atoms with van der Waals surface area (Å²) in [7, 11) is 0. The van der Waals surface area contributed by atoms with Crippen LogP contribution in [0.25, 0.3) is 0 Å². The van der Waals surface area contributed by atoms with Crippen LogP contribution >= 0.6 is 0 Å². The molecule has 5 nitrogen and oxygen atoms in total. The number of hydrogen-bond donors (Lipinski definition) is 4. The van der Waals surface area contributed by atoms with E-state index >= 15 is 0 Å². The van der Waals surface area contributed by atoms with Crippen molar-refractivity contribution in [2.24, 2.45) is 0 Å². The molecule has 0 bridgehead atoms. The van der Waals surface area contributed by atoms with Crippen LogP contribution in [-0.4, -0.2) is 46.1 Å². The van der Waals surface area contributed by atoms with Gasteiger partial charge in [-0.2, -0.15) is 0 Å². The second kappa shape index (κ2) is 61.6. The highest BCUT2D eigenvalue weighted by Gasteiger charge is 2.21. The van der Waals surface area contributed by atoms with E-state index in [4.69, 9.17) is 0 Å². The van der Waals surface area contributed by atoms with E-state index in [1.807, 2.05) is 0 Å². The van der Waals surface area contributed by atoms with E-state index in [9.17, 15) is 20.1 Å². The number of aliphatic hydroxyl groups is 3. The Labute approximate surface area is 446 Å². The van der Waals surface area contributed by atoms with E-state index in [1.165, 1.54) is 321 Å². The predicted molar refractivity (Wildman–Crippen MR) is 315 cm³/mol. The zero-order valence-corrected chi connectivity index (χ0v) is 48.6. The molecule has 0 aromatic heterocycles. The molecule has 0 saturated heterocycles. The number of allylic oxidation sites excluding steroid dienone is 2. The number of aliphatic hydroxyl groups excluding tert-OH is 3. The number of carbonyl (C=O) groups excluding carboxylic acids is 1. The zero-order valence-electron chi connectivity index (χ0n) is 48.6. The maximum atomic E-state index is 12.6. The first-order chi connectivity index (χ1) is 35.0. The van der Waals surface area contributed by atoms with Gasteiger partial charge in [0.2, 0.25) is 5.91 Å². The van der Waals surface area contributed by atoms with Gasteiger partial charge < -0.3 is 20.6 Å². The third kappa shape index (κ3) is 58.2. The number of rotatable bonds is 62. The highest BCUT2D eigenvalue weighted by Crippen LogP contribution is 2.19. The van der Waals surface area contributed by atoms with E-state index in [1.54, 1.807) is 0 Å². The minimum Gasteiger partial charge on any atom is -0.394 e. The second-order valence-electron chi connectivity index (χ2n) is 23.1. The van der Waals surface area contributed by atoms with Gasteiger partial charge in [-0.3, -0.25) is 4.79 Å². The van der Waals surface area contributed by atoms with E-state index < -0.39 is 18.2 Å². The van der Waals surface area contributed by atoms with Crippen LogP contribution in [-0.2, 0) is 4.79 Å².